The van der Waals surface area contributed by atoms with Crippen LogP contribution in [0.1, 0.15) is 48.7 Å². The summed E-state index contributed by atoms with van der Waals surface area (Å²) in [4.78, 5) is 0. The fraction of sp³-hybridized carbons (Fsp3) is 0.778. The summed E-state index contributed by atoms with van der Waals surface area (Å²) in [6, 6.07) is 0.0325. The quantitative estimate of drug-likeness (QED) is 0.807. The van der Waals surface area contributed by atoms with Crippen molar-refractivity contribution in [1.82, 2.24) is 10.2 Å². The minimum absolute atomic E-state index is 0.0325. The van der Waals surface area contributed by atoms with E-state index in [0.717, 1.165) is 10.9 Å². The second-order valence-electron chi connectivity index (χ2n) is 3.78. The highest BCUT2D eigenvalue weighted by molar-refractivity contribution is 7.11. The molecule has 3 atom stereocenters. The fourth-order valence-electron chi connectivity index (χ4n) is 1.58. The van der Waals surface area contributed by atoms with Gasteiger partial charge in [0.1, 0.15) is 10.0 Å². The van der Waals surface area contributed by atoms with E-state index in [2.05, 4.69) is 17.1 Å². The van der Waals surface area contributed by atoms with Crippen LogP contribution in [0.4, 0.5) is 0 Å². The predicted molar refractivity (Wildman–Crippen MR) is 53.7 cm³/mol. The molecule has 0 amide bonds. The van der Waals surface area contributed by atoms with Gasteiger partial charge in [0, 0.05) is 5.92 Å². The monoisotopic (exact) mass is 197 g/mol. The molecule has 72 valence electrons. The Hall–Kier alpha value is -0.480. The van der Waals surface area contributed by atoms with Gasteiger partial charge >= 0.3 is 0 Å². The standard InChI is InChI=1S/C9H15N3S/c1-3-6-4-7(6)9-12-11-8(13-9)5(2)10/h5-7H,3-4,10H2,1-2H3. The van der Waals surface area contributed by atoms with Gasteiger partial charge in [-0.25, -0.2) is 0 Å². The zero-order valence-corrected chi connectivity index (χ0v) is 8.84. The van der Waals surface area contributed by atoms with Crippen molar-refractivity contribution in [2.75, 3.05) is 0 Å². The number of aromatic nitrogens is 2. The first-order chi connectivity index (χ1) is 6.22. The van der Waals surface area contributed by atoms with Gasteiger partial charge in [0.25, 0.3) is 0 Å². The lowest BCUT2D eigenvalue weighted by Gasteiger charge is -1.94. The number of nitrogens with two attached hydrogens (primary N) is 1. The Morgan fingerprint density at radius 1 is 1.62 bits per heavy atom. The number of hydrogen-bond donors (Lipinski definition) is 1. The SMILES string of the molecule is CCC1CC1c1nnc(C(C)N)s1. The van der Waals surface area contributed by atoms with Gasteiger partial charge in [-0.05, 0) is 19.3 Å². The average molecular weight is 197 g/mol. The highest BCUT2D eigenvalue weighted by atomic mass is 32.1. The third-order valence-electron chi connectivity index (χ3n) is 2.61. The maximum Gasteiger partial charge on any atom is 0.133 e. The van der Waals surface area contributed by atoms with Crippen molar-refractivity contribution in [3.63, 3.8) is 0 Å². The largest absolute Gasteiger partial charge is 0.322 e. The molecule has 3 unspecified atom stereocenters. The van der Waals surface area contributed by atoms with Crippen molar-refractivity contribution in [2.45, 2.75) is 38.6 Å². The van der Waals surface area contributed by atoms with Crippen LogP contribution in [-0.2, 0) is 0 Å². The van der Waals surface area contributed by atoms with E-state index in [1.54, 1.807) is 11.3 Å². The molecule has 1 saturated carbocycles. The summed E-state index contributed by atoms with van der Waals surface area (Å²) in [7, 11) is 0. The van der Waals surface area contributed by atoms with Gasteiger partial charge in [0.2, 0.25) is 0 Å². The molecule has 13 heavy (non-hydrogen) atoms. The van der Waals surface area contributed by atoms with Crippen molar-refractivity contribution < 1.29 is 0 Å². The summed E-state index contributed by atoms with van der Waals surface area (Å²) in [6.45, 7) is 4.19. The Labute approximate surface area is 82.4 Å². The molecule has 0 saturated heterocycles. The lowest BCUT2D eigenvalue weighted by Crippen LogP contribution is -2.03. The molecule has 0 bridgehead atoms. The van der Waals surface area contributed by atoms with Crippen molar-refractivity contribution >= 4 is 11.3 Å². The summed E-state index contributed by atoms with van der Waals surface area (Å²) < 4.78 is 0. The second-order valence-corrected chi connectivity index (χ2v) is 4.82. The van der Waals surface area contributed by atoms with Crippen LogP contribution >= 0.6 is 11.3 Å². The van der Waals surface area contributed by atoms with Crippen molar-refractivity contribution in [3.05, 3.63) is 10.0 Å². The highest BCUT2D eigenvalue weighted by Crippen LogP contribution is 2.50. The Morgan fingerprint density at radius 2 is 2.38 bits per heavy atom. The lowest BCUT2D eigenvalue weighted by molar-refractivity contribution is 0.751. The molecule has 1 aromatic heterocycles. The van der Waals surface area contributed by atoms with Gasteiger partial charge in [-0.3, -0.25) is 0 Å². The molecular formula is C9H15N3S. The Bertz CT molecular complexity index is 295. The summed E-state index contributed by atoms with van der Waals surface area (Å²) >= 11 is 1.68. The molecule has 1 fully saturated rings. The van der Waals surface area contributed by atoms with Crippen LogP contribution in [0, 0.1) is 5.92 Å². The Balaban J connectivity index is 2.07. The third kappa shape index (κ3) is 1.74. The highest BCUT2D eigenvalue weighted by Gasteiger charge is 2.39. The minimum atomic E-state index is 0.0325. The van der Waals surface area contributed by atoms with E-state index < -0.39 is 0 Å². The zero-order valence-electron chi connectivity index (χ0n) is 8.03. The van der Waals surface area contributed by atoms with Crippen LogP contribution in [0.3, 0.4) is 0 Å². The summed E-state index contributed by atoms with van der Waals surface area (Å²) in [5.74, 6) is 1.55. The first-order valence-corrected chi connectivity index (χ1v) is 5.63. The molecule has 1 aliphatic carbocycles. The summed E-state index contributed by atoms with van der Waals surface area (Å²) in [6.07, 6.45) is 2.56. The molecule has 2 rings (SSSR count). The van der Waals surface area contributed by atoms with Gasteiger partial charge in [-0.1, -0.05) is 24.7 Å². The van der Waals surface area contributed by atoms with E-state index >= 15 is 0 Å². The molecule has 0 radical (unpaired) electrons. The molecule has 0 spiro atoms. The lowest BCUT2D eigenvalue weighted by atomic mass is 10.3. The van der Waals surface area contributed by atoms with Gasteiger partial charge < -0.3 is 5.73 Å². The molecular weight excluding hydrogens is 182 g/mol. The van der Waals surface area contributed by atoms with E-state index in [-0.39, 0.29) is 6.04 Å². The van der Waals surface area contributed by atoms with Crippen LogP contribution in [0.2, 0.25) is 0 Å². The molecule has 0 aliphatic heterocycles. The van der Waals surface area contributed by atoms with Crippen LogP contribution < -0.4 is 5.73 Å². The Kier molecular flexibility index (Phi) is 2.34. The smallest absolute Gasteiger partial charge is 0.133 e. The van der Waals surface area contributed by atoms with E-state index in [0.29, 0.717) is 5.92 Å². The number of hydrogen-bond acceptors (Lipinski definition) is 4. The number of nitrogens with zero attached hydrogens (tertiary/aromatic N) is 2. The zero-order chi connectivity index (χ0) is 9.42. The predicted octanol–water partition coefficient (Wildman–Crippen LogP) is 2.07. The summed E-state index contributed by atoms with van der Waals surface area (Å²) in [5, 5.41) is 10.4. The van der Waals surface area contributed by atoms with Crippen LogP contribution in [0.5, 0.6) is 0 Å². The average Bonchev–Trinajstić information content (AvgIpc) is 2.73. The first kappa shape index (κ1) is 9.09. The molecule has 3 nitrogen and oxygen atoms in total. The normalized spacial score (nSPS) is 28.8. The van der Waals surface area contributed by atoms with Gasteiger partial charge in [-0.15, -0.1) is 10.2 Å². The third-order valence-corrected chi connectivity index (χ3v) is 3.87. The Morgan fingerprint density at radius 3 is 2.85 bits per heavy atom. The van der Waals surface area contributed by atoms with Gasteiger partial charge in [0.05, 0.1) is 6.04 Å². The van der Waals surface area contributed by atoms with Gasteiger partial charge in [0.15, 0.2) is 0 Å². The van der Waals surface area contributed by atoms with Crippen LogP contribution in [0.25, 0.3) is 0 Å². The van der Waals surface area contributed by atoms with Crippen LogP contribution in [-0.4, -0.2) is 10.2 Å². The number of rotatable bonds is 3. The van der Waals surface area contributed by atoms with Crippen LogP contribution in [0.15, 0.2) is 0 Å². The van der Waals surface area contributed by atoms with E-state index in [4.69, 9.17) is 5.73 Å². The molecule has 1 aromatic rings. The topological polar surface area (TPSA) is 51.8 Å². The van der Waals surface area contributed by atoms with E-state index in [1.165, 1.54) is 17.8 Å². The summed E-state index contributed by atoms with van der Waals surface area (Å²) in [5.41, 5.74) is 5.72. The van der Waals surface area contributed by atoms with Crippen molar-refractivity contribution in [3.8, 4) is 0 Å². The first-order valence-electron chi connectivity index (χ1n) is 4.81. The van der Waals surface area contributed by atoms with Crippen molar-refractivity contribution in [2.24, 2.45) is 11.7 Å². The fourth-order valence-corrected chi connectivity index (χ4v) is 2.59. The molecule has 1 aliphatic rings. The van der Waals surface area contributed by atoms with Crippen molar-refractivity contribution in [1.29, 1.82) is 0 Å². The molecule has 4 heteroatoms. The van der Waals surface area contributed by atoms with E-state index in [1.807, 2.05) is 6.92 Å². The maximum absolute atomic E-state index is 5.72. The molecule has 2 N–H and O–H groups in total. The van der Waals surface area contributed by atoms with E-state index in [9.17, 15) is 0 Å². The minimum Gasteiger partial charge on any atom is -0.322 e. The second kappa shape index (κ2) is 3.35. The molecule has 0 aromatic carbocycles. The molecule has 1 heterocycles. The van der Waals surface area contributed by atoms with Gasteiger partial charge in [-0.2, -0.15) is 0 Å². The maximum atomic E-state index is 5.72.